The van der Waals surface area contributed by atoms with Crippen LogP contribution in [-0.2, 0) is 17.1 Å². The van der Waals surface area contributed by atoms with Gasteiger partial charge in [0.1, 0.15) is 17.7 Å². The molecule has 1 aliphatic carbocycles. The Hall–Kier alpha value is -3.04. The Morgan fingerprint density at radius 1 is 1.15 bits per heavy atom. The van der Waals surface area contributed by atoms with Gasteiger partial charge in [-0.1, -0.05) is 43.5 Å². The second kappa shape index (κ2) is 10.1. The number of aromatic nitrogens is 2. The lowest BCUT2D eigenvalue weighted by atomic mass is 9.96. The van der Waals surface area contributed by atoms with Crippen LogP contribution in [0.3, 0.4) is 0 Å². The zero-order valence-corrected chi connectivity index (χ0v) is 20.1. The van der Waals surface area contributed by atoms with Crippen molar-refractivity contribution in [2.24, 2.45) is 7.05 Å². The highest BCUT2D eigenvalue weighted by Gasteiger charge is 2.30. The van der Waals surface area contributed by atoms with E-state index in [1.807, 2.05) is 0 Å². The zero-order chi connectivity index (χ0) is 24.3. The number of carbonyl (C=O) groups is 1. The SMILES string of the molecule is CN(C1CCCCC1)S(=O)(=O)c1cccc(C(=O)NC(c2ccccc2F)c2nccn2C)c1. The Labute approximate surface area is 199 Å². The summed E-state index contributed by atoms with van der Waals surface area (Å²) in [5.41, 5.74) is 0.444. The van der Waals surface area contributed by atoms with Crippen LogP contribution in [-0.4, -0.2) is 41.3 Å². The number of hydrogen-bond acceptors (Lipinski definition) is 4. The monoisotopic (exact) mass is 484 g/mol. The van der Waals surface area contributed by atoms with Crippen LogP contribution in [0, 0.1) is 5.82 Å². The predicted molar refractivity (Wildman–Crippen MR) is 127 cm³/mol. The van der Waals surface area contributed by atoms with E-state index in [0.29, 0.717) is 5.82 Å². The second-order valence-corrected chi connectivity index (χ2v) is 10.7. The minimum atomic E-state index is -3.76. The fourth-order valence-electron chi connectivity index (χ4n) is 4.47. The number of carbonyl (C=O) groups excluding carboxylic acids is 1. The number of imidazole rings is 1. The summed E-state index contributed by atoms with van der Waals surface area (Å²) in [6.45, 7) is 0. The van der Waals surface area contributed by atoms with E-state index in [1.165, 1.54) is 22.5 Å². The Bertz CT molecular complexity index is 1270. The zero-order valence-electron chi connectivity index (χ0n) is 19.3. The first-order chi connectivity index (χ1) is 16.3. The van der Waals surface area contributed by atoms with E-state index in [1.54, 1.807) is 61.4 Å². The molecule has 1 N–H and O–H groups in total. The quantitative estimate of drug-likeness (QED) is 0.549. The molecule has 0 aliphatic heterocycles. The molecule has 1 atom stereocenters. The van der Waals surface area contributed by atoms with Gasteiger partial charge in [0.25, 0.3) is 5.91 Å². The smallest absolute Gasteiger partial charge is 0.252 e. The van der Waals surface area contributed by atoms with Crippen molar-refractivity contribution in [3.63, 3.8) is 0 Å². The number of nitrogens with zero attached hydrogens (tertiary/aromatic N) is 3. The summed E-state index contributed by atoms with van der Waals surface area (Å²) in [5.74, 6) is -0.533. The maximum absolute atomic E-state index is 14.6. The van der Waals surface area contributed by atoms with Crippen molar-refractivity contribution in [2.75, 3.05) is 7.05 Å². The van der Waals surface area contributed by atoms with Crippen molar-refractivity contribution < 1.29 is 17.6 Å². The average molecular weight is 485 g/mol. The Morgan fingerprint density at radius 2 is 1.88 bits per heavy atom. The van der Waals surface area contributed by atoms with Gasteiger partial charge in [0, 0.05) is 43.7 Å². The van der Waals surface area contributed by atoms with Gasteiger partial charge in [0.15, 0.2) is 0 Å². The maximum atomic E-state index is 14.6. The van der Waals surface area contributed by atoms with E-state index in [-0.39, 0.29) is 22.1 Å². The molecule has 7 nitrogen and oxygen atoms in total. The Kier molecular flexibility index (Phi) is 7.13. The highest BCUT2D eigenvalue weighted by atomic mass is 32.2. The highest BCUT2D eigenvalue weighted by Crippen LogP contribution is 2.27. The van der Waals surface area contributed by atoms with Gasteiger partial charge in [-0.25, -0.2) is 17.8 Å². The fourth-order valence-corrected chi connectivity index (χ4v) is 5.93. The van der Waals surface area contributed by atoms with Crippen molar-refractivity contribution in [3.05, 3.63) is 83.7 Å². The van der Waals surface area contributed by atoms with E-state index in [4.69, 9.17) is 0 Å². The van der Waals surface area contributed by atoms with E-state index in [9.17, 15) is 17.6 Å². The number of amides is 1. The van der Waals surface area contributed by atoms with Crippen molar-refractivity contribution in [2.45, 2.75) is 49.1 Å². The third-order valence-electron chi connectivity index (χ3n) is 6.47. The molecule has 180 valence electrons. The van der Waals surface area contributed by atoms with Gasteiger partial charge in [-0.05, 0) is 37.1 Å². The van der Waals surface area contributed by atoms with Gasteiger partial charge in [-0.2, -0.15) is 4.31 Å². The van der Waals surface area contributed by atoms with Gasteiger partial charge in [0.2, 0.25) is 10.0 Å². The Balaban J connectivity index is 1.62. The Morgan fingerprint density at radius 3 is 2.56 bits per heavy atom. The summed E-state index contributed by atoms with van der Waals surface area (Å²) in [6.07, 6.45) is 8.11. The van der Waals surface area contributed by atoms with Gasteiger partial charge < -0.3 is 9.88 Å². The van der Waals surface area contributed by atoms with Crippen LogP contribution in [0.25, 0.3) is 0 Å². The van der Waals surface area contributed by atoms with Crippen LogP contribution in [0.5, 0.6) is 0 Å². The number of aryl methyl sites for hydroxylation is 1. The first-order valence-electron chi connectivity index (χ1n) is 11.4. The topological polar surface area (TPSA) is 84.3 Å². The minimum absolute atomic E-state index is 0.0370. The third kappa shape index (κ3) is 4.90. The summed E-state index contributed by atoms with van der Waals surface area (Å²) in [6, 6.07) is 11.3. The molecule has 0 bridgehead atoms. The van der Waals surface area contributed by atoms with Crippen molar-refractivity contribution in [1.29, 1.82) is 0 Å². The molecule has 0 spiro atoms. The lowest BCUT2D eigenvalue weighted by Gasteiger charge is -2.30. The molecule has 4 rings (SSSR count). The number of sulfonamides is 1. The van der Waals surface area contributed by atoms with E-state index in [2.05, 4.69) is 10.3 Å². The maximum Gasteiger partial charge on any atom is 0.252 e. The molecule has 1 heterocycles. The van der Waals surface area contributed by atoms with Gasteiger partial charge in [0.05, 0.1) is 4.90 Å². The lowest BCUT2D eigenvalue weighted by molar-refractivity contribution is 0.0940. The average Bonchev–Trinajstić information content (AvgIpc) is 3.28. The normalized spacial score (nSPS) is 15.9. The number of rotatable bonds is 7. The second-order valence-electron chi connectivity index (χ2n) is 8.67. The molecule has 2 aromatic carbocycles. The molecule has 1 aliphatic rings. The third-order valence-corrected chi connectivity index (χ3v) is 8.38. The largest absolute Gasteiger partial charge is 0.338 e. The van der Waals surface area contributed by atoms with Crippen LogP contribution in [0.15, 0.2) is 65.8 Å². The molecular weight excluding hydrogens is 455 g/mol. The van der Waals surface area contributed by atoms with Crippen LogP contribution >= 0.6 is 0 Å². The summed E-state index contributed by atoms with van der Waals surface area (Å²) in [7, 11) is -0.390. The van der Waals surface area contributed by atoms with E-state index >= 15 is 0 Å². The summed E-state index contributed by atoms with van der Waals surface area (Å²) in [4.78, 5) is 17.6. The standard InChI is InChI=1S/C25H29FN4O3S/c1-29-16-15-27-24(29)23(21-13-6-7-14-22(21)26)28-25(31)18-9-8-12-20(17-18)34(32,33)30(2)19-10-4-3-5-11-19/h6-9,12-17,19,23H,3-5,10-11H2,1-2H3,(H,28,31). The number of halogens is 1. The molecule has 1 amide bonds. The summed E-state index contributed by atoms with van der Waals surface area (Å²) >= 11 is 0. The molecule has 3 aromatic rings. The molecule has 1 aromatic heterocycles. The van der Waals surface area contributed by atoms with Crippen molar-refractivity contribution >= 4 is 15.9 Å². The lowest BCUT2D eigenvalue weighted by Crippen LogP contribution is -2.38. The molecule has 1 unspecified atom stereocenters. The number of hydrogen-bond donors (Lipinski definition) is 1. The van der Waals surface area contributed by atoms with Gasteiger partial charge in [-0.15, -0.1) is 0 Å². The van der Waals surface area contributed by atoms with Crippen LogP contribution < -0.4 is 5.32 Å². The van der Waals surface area contributed by atoms with Crippen LogP contribution in [0.2, 0.25) is 0 Å². The van der Waals surface area contributed by atoms with Crippen LogP contribution in [0.1, 0.15) is 59.9 Å². The minimum Gasteiger partial charge on any atom is -0.338 e. The first-order valence-corrected chi connectivity index (χ1v) is 12.8. The number of nitrogens with one attached hydrogen (secondary N) is 1. The summed E-state index contributed by atoms with van der Waals surface area (Å²) < 4.78 is 44.3. The molecule has 0 saturated heterocycles. The molecule has 0 radical (unpaired) electrons. The molecule has 1 fully saturated rings. The predicted octanol–water partition coefficient (Wildman–Crippen LogP) is 4.03. The molecule has 34 heavy (non-hydrogen) atoms. The van der Waals surface area contributed by atoms with Gasteiger partial charge in [-0.3, -0.25) is 4.79 Å². The van der Waals surface area contributed by atoms with Gasteiger partial charge >= 0.3 is 0 Å². The fraction of sp³-hybridized carbons (Fsp3) is 0.360. The summed E-state index contributed by atoms with van der Waals surface area (Å²) in [5, 5.41) is 2.83. The highest BCUT2D eigenvalue weighted by molar-refractivity contribution is 7.89. The van der Waals surface area contributed by atoms with Crippen molar-refractivity contribution in [3.8, 4) is 0 Å². The van der Waals surface area contributed by atoms with E-state index in [0.717, 1.165) is 32.1 Å². The van der Waals surface area contributed by atoms with Crippen LogP contribution in [0.4, 0.5) is 4.39 Å². The molecule has 9 heteroatoms. The molecule has 1 saturated carbocycles. The number of benzene rings is 2. The first kappa shape index (κ1) is 24.1. The van der Waals surface area contributed by atoms with Crippen molar-refractivity contribution in [1.82, 2.24) is 19.2 Å². The van der Waals surface area contributed by atoms with E-state index < -0.39 is 27.8 Å². The molecular formula is C25H29FN4O3S.